The smallest absolute Gasteiger partial charge is 0.274 e. The zero-order valence-corrected chi connectivity index (χ0v) is 9.52. The van der Waals surface area contributed by atoms with Crippen molar-refractivity contribution in [3.8, 4) is 0 Å². The van der Waals surface area contributed by atoms with Crippen LogP contribution in [0, 0.1) is 5.92 Å². The van der Waals surface area contributed by atoms with E-state index in [4.69, 9.17) is 5.73 Å². The standard InChI is InChI=1S/C12H17N3O/c1-2-9-5-7-15(8-9)12(16)11-10(13)4-3-6-14-11/h3-4,6,9H,2,5,7-8,13H2,1H3. The van der Waals surface area contributed by atoms with Crippen LogP contribution in [0.5, 0.6) is 0 Å². The minimum atomic E-state index is -0.0333. The van der Waals surface area contributed by atoms with Crippen molar-refractivity contribution in [3.63, 3.8) is 0 Å². The van der Waals surface area contributed by atoms with E-state index in [1.54, 1.807) is 18.3 Å². The molecule has 1 amide bonds. The van der Waals surface area contributed by atoms with E-state index in [1.807, 2.05) is 4.90 Å². The molecule has 0 saturated carbocycles. The summed E-state index contributed by atoms with van der Waals surface area (Å²) in [5.74, 6) is 0.600. The van der Waals surface area contributed by atoms with Crippen molar-refractivity contribution in [3.05, 3.63) is 24.0 Å². The average molecular weight is 219 g/mol. The monoisotopic (exact) mass is 219 g/mol. The number of carbonyl (C=O) groups is 1. The number of pyridine rings is 1. The third-order valence-electron chi connectivity index (χ3n) is 3.19. The third-order valence-corrected chi connectivity index (χ3v) is 3.19. The van der Waals surface area contributed by atoms with Gasteiger partial charge in [-0.1, -0.05) is 13.3 Å². The summed E-state index contributed by atoms with van der Waals surface area (Å²) >= 11 is 0. The number of nitrogens with two attached hydrogens (primary N) is 1. The van der Waals surface area contributed by atoms with Gasteiger partial charge in [0.05, 0.1) is 5.69 Å². The quantitative estimate of drug-likeness (QED) is 0.820. The van der Waals surface area contributed by atoms with Crippen molar-refractivity contribution in [1.29, 1.82) is 0 Å². The maximum absolute atomic E-state index is 12.1. The lowest BCUT2D eigenvalue weighted by Gasteiger charge is -2.16. The third kappa shape index (κ3) is 2.01. The molecule has 0 aromatic carbocycles. The van der Waals surface area contributed by atoms with Crippen LogP contribution in [0.2, 0.25) is 0 Å². The second-order valence-electron chi connectivity index (χ2n) is 4.26. The topological polar surface area (TPSA) is 59.2 Å². The molecule has 16 heavy (non-hydrogen) atoms. The number of anilines is 1. The van der Waals surface area contributed by atoms with Crippen LogP contribution in [-0.4, -0.2) is 28.9 Å². The molecule has 1 aliphatic rings. The highest BCUT2D eigenvalue weighted by atomic mass is 16.2. The van der Waals surface area contributed by atoms with Gasteiger partial charge in [0.1, 0.15) is 0 Å². The Morgan fingerprint density at radius 1 is 1.69 bits per heavy atom. The molecule has 1 aromatic rings. The molecular weight excluding hydrogens is 202 g/mol. The van der Waals surface area contributed by atoms with Gasteiger partial charge in [-0.15, -0.1) is 0 Å². The summed E-state index contributed by atoms with van der Waals surface area (Å²) in [6.45, 7) is 3.83. The molecule has 0 radical (unpaired) electrons. The molecule has 1 aromatic heterocycles. The molecule has 1 unspecified atom stereocenters. The van der Waals surface area contributed by atoms with E-state index in [9.17, 15) is 4.79 Å². The van der Waals surface area contributed by atoms with Gasteiger partial charge >= 0.3 is 0 Å². The molecule has 2 N–H and O–H groups in total. The molecule has 0 bridgehead atoms. The Bertz CT molecular complexity index is 392. The van der Waals surface area contributed by atoms with Gasteiger partial charge in [-0.3, -0.25) is 4.79 Å². The van der Waals surface area contributed by atoms with Gasteiger partial charge in [0.15, 0.2) is 5.69 Å². The molecule has 0 spiro atoms. The molecule has 4 nitrogen and oxygen atoms in total. The van der Waals surface area contributed by atoms with Gasteiger partial charge in [-0.2, -0.15) is 0 Å². The highest BCUT2D eigenvalue weighted by Gasteiger charge is 2.27. The molecule has 1 aliphatic heterocycles. The Balaban J connectivity index is 2.12. The number of likely N-dealkylation sites (tertiary alicyclic amines) is 1. The van der Waals surface area contributed by atoms with Crippen LogP contribution in [0.25, 0.3) is 0 Å². The summed E-state index contributed by atoms with van der Waals surface area (Å²) < 4.78 is 0. The fourth-order valence-corrected chi connectivity index (χ4v) is 2.10. The van der Waals surface area contributed by atoms with Gasteiger partial charge in [-0.25, -0.2) is 4.98 Å². The van der Waals surface area contributed by atoms with E-state index < -0.39 is 0 Å². The first-order valence-corrected chi connectivity index (χ1v) is 5.72. The van der Waals surface area contributed by atoms with Crippen molar-refractivity contribution in [2.24, 2.45) is 5.92 Å². The second-order valence-corrected chi connectivity index (χ2v) is 4.26. The lowest BCUT2D eigenvalue weighted by Crippen LogP contribution is -2.30. The van der Waals surface area contributed by atoms with Crippen molar-refractivity contribution in [1.82, 2.24) is 9.88 Å². The summed E-state index contributed by atoms with van der Waals surface area (Å²) in [6.07, 6.45) is 3.83. The van der Waals surface area contributed by atoms with E-state index in [-0.39, 0.29) is 5.91 Å². The number of carbonyl (C=O) groups excluding carboxylic acids is 1. The predicted molar refractivity (Wildman–Crippen MR) is 63.0 cm³/mol. The maximum Gasteiger partial charge on any atom is 0.274 e. The van der Waals surface area contributed by atoms with Gasteiger partial charge in [0.25, 0.3) is 5.91 Å². The summed E-state index contributed by atoms with van der Waals surface area (Å²) in [5.41, 5.74) is 6.60. The molecule has 4 heteroatoms. The average Bonchev–Trinajstić information content (AvgIpc) is 2.77. The molecule has 1 atom stereocenters. The molecule has 2 rings (SSSR count). The van der Waals surface area contributed by atoms with E-state index >= 15 is 0 Å². The largest absolute Gasteiger partial charge is 0.397 e. The van der Waals surface area contributed by atoms with Crippen LogP contribution in [0.1, 0.15) is 30.3 Å². The Labute approximate surface area is 95.5 Å². The van der Waals surface area contributed by atoms with Crippen LogP contribution in [0.3, 0.4) is 0 Å². The zero-order chi connectivity index (χ0) is 11.5. The minimum Gasteiger partial charge on any atom is -0.397 e. The Kier molecular flexibility index (Phi) is 3.08. The van der Waals surface area contributed by atoms with Gasteiger partial charge in [0.2, 0.25) is 0 Å². The molecule has 0 aliphatic carbocycles. The number of hydrogen-bond acceptors (Lipinski definition) is 3. The van der Waals surface area contributed by atoms with Crippen molar-refractivity contribution >= 4 is 11.6 Å². The van der Waals surface area contributed by atoms with Crippen molar-refractivity contribution in [2.75, 3.05) is 18.8 Å². The van der Waals surface area contributed by atoms with Crippen LogP contribution in [-0.2, 0) is 0 Å². The van der Waals surface area contributed by atoms with Gasteiger partial charge in [-0.05, 0) is 24.5 Å². The van der Waals surface area contributed by atoms with E-state index in [1.165, 1.54) is 0 Å². The first-order valence-electron chi connectivity index (χ1n) is 5.72. The van der Waals surface area contributed by atoms with Crippen LogP contribution in [0.15, 0.2) is 18.3 Å². The molecule has 2 heterocycles. The number of nitrogens with zero attached hydrogens (tertiary/aromatic N) is 2. The van der Waals surface area contributed by atoms with Crippen molar-refractivity contribution in [2.45, 2.75) is 19.8 Å². The summed E-state index contributed by atoms with van der Waals surface area (Å²) in [4.78, 5) is 18.0. The summed E-state index contributed by atoms with van der Waals surface area (Å²) in [5, 5.41) is 0. The van der Waals surface area contributed by atoms with E-state index in [0.29, 0.717) is 17.3 Å². The Morgan fingerprint density at radius 2 is 2.50 bits per heavy atom. The van der Waals surface area contributed by atoms with E-state index in [0.717, 1.165) is 25.9 Å². The number of amides is 1. The molecule has 86 valence electrons. The molecular formula is C12H17N3O. The number of aromatic nitrogens is 1. The summed E-state index contributed by atoms with van der Waals surface area (Å²) in [7, 11) is 0. The number of hydrogen-bond donors (Lipinski definition) is 1. The van der Waals surface area contributed by atoms with Gasteiger partial charge < -0.3 is 10.6 Å². The number of rotatable bonds is 2. The summed E-state index contributed by atoms with van der Waals surface area (Å²) in [6, 6.07) is 3.46. The fraction of sp³-hybridized carbons (Fsp3) is 0.500. The van der Waals surface area contributed by atoms with E-state index in [2.05, 4.69) is 11.9 Å². The van der Waals surface area contributed by atoms with Crippen LogP contribution in [0.4, 0.5) is 5.69 Å². The highest BCUT2D eigenvalue weighted by molar-refractivity contribution is 5.97. The second kappa shape index (κ2) is 4.51. The minimum absolute atomic E-state index is 0.0333. The highest BCUT2D eigenvalue weighted by Crippen LogP contribution is 2.21. The lowest BCUT2D eigenvalue weighted by molar-refractivity contribution is 0.0782. The first-order chi connectivity index (χ1) is 7.72. The Morgan fingerprint density at radius 3 is 3.12 bits per heavy atom. The zero-order valence-electron chi connectivity index (χ0n) is 9.52. The lowest BCUT2D eigenvalue weighted by atomic mass is 10.1. The maximum atomic E-state index is 12.1. The molecule has 1 saturated heterocycles. The van der Waals surface area contributed by atoms with Crippen molar-refractivity contribution < 1.29 is 4.79 Å². The van der Waals surface area contributed by atoms with Crippen LogP contribution >= 0.6 is 0 Å². The van der Waals surface area contributed by atoms with Crippen LogP contribution < -0.4 is 5.73 Å². The number of nitrogen functional groups attached to an aromatic ring is 1. The first kappa shape index (κ1) is 10.9. The fourth-order valence-electron chi connectivity index (χ4n) is 2.10. The Hall–Kier alpha value is -1.58. The SMILES string of the molecule is CCC1CCN(C(=O)c2ncccc2N)C1. The predicted octanol–water partition coefficient (Wildman–Crippen LogP) is 1.54. The normalized spacial score (nSPS) is 20.1. The molecule has 1 fully saturated rings. The van der Waals surface area contributed by atoms with Gasteiger partial charge in [0, 0.05) is 19.3 Å².